The van der Waals surface area contributed by atoms with Crippen molar-refractivity contribution in [1.29, 1.82) is 0 Å². The fraction of sp³-hybridized carbons (Fsp3) is 0.333. The highest BCUT2D eigenvalue weighted by Crippen LogP contribution is 2.12. The third kappa shape index (κ3) is 6.07. The molecule has 3 rings (SSSR count). The van der Waals surface area contributed by atoms with Gasteiger partial charge in [-0.2, -0.15) is 0 Å². The van der Waals surface area contributed by atoms with Gasteiger partial charge in [-0.05, 0) is 30.3 Å². The quantitative estimate of drug-likeness (QED) is 0.592. The summed E-state index contributed by atoms with van der Waals surface area (Å²) in [6.07, 6.45) is 0. The van der Waals surface area contributed by atoms with Crippen LogP contribution in [0.2, 0.25) is 0 Å². The van der Waals surface area contributed by atoms with Crippen LogP contribution >= 0.6 is 0 Å². The van der Waals surface area contributed by atoms with Crippen molar-refractivity contribution >= 4 is 17.6 Å². The molecule has 0 saturated carbocycles. The third-order valence-corrected chi connectivity index (χ3v) is 4.39. The molecule has 2 aromatic carbocycles. The van der Waals surface area contributed by atoms with Crippen LogP contribution in [-0.4, -0.2) is 63.3 Å². The summed E-state index contributed by atoms with van der Waals surface area (Å²) < 4.78 is 10.6. The van der Waals surface area contributed by atoms with Crippen molar-refractivity contribution in [2.24, 2.45) is 4.99 Å². The minimum Gasteiger partial charge on any atom is -0.497 e. The molecule has 7 heteroatoms. The van der Waals surface area contributed by atoms with Crippen molar-refractivity contribution in [2.45, 2.75) is 0 Å². The molecule has 1 fully saturated rings. The average Bonchev–Trinajstić information content (AvgIpc) is 2.75. The van der Waals surface area contributed by atoms with Crippen molar-refractivity contribution in [2.75, 3.05) is 51.8 Å². The summed E-state index contributed by atoms with van der Waals surface area (Å²) >= 11 is 0. The van der Waals surface area contributed by atoms with Crippen molar-refractivity contribution < 1.29 is 14.3 Å². The Balaban J connectivity index is 1.67. The molecule has 0 spiro atoms. The Hall–Kier alpha value is -2.90. The maximum absolute atomic E-state index is 12.7. The number of nitrogens with one attached hydrogen (secondary N) is 2. The number of carbonyl (C=O) groups excluding carboxylic acids is 1. The first kappa shape index (κ1) is 19.9. The van der Waals surface area contributed by atoms with Gasteiger partial charge in [-0.1, -0.05) is 24.3 Å². The molecule has 0 aromatic heterocycles. The summed E-state index contributed by atoms with van der Waals surface area (Å²) in [4.78, 5) is 19.5. The topological polar surface area (TPSA) is 75.2 Å². The summed E-state index contributed by atoms with van der Waals surface area (Å²) in [6.45, 7) is 4.73. The maximum atomic E-state index is 12.7. The van der Waals surface area contributed by atoms with Crippen LogP contribution in [0.4, 0.5) is 5.69 Å². The summed E-state index contributed by atoms with van der Waals surface area (Å²) in [5.74, 6) is 0.814. The normalized spacial score (nSPS) is 15.1. The van der Waals surface area contributed by atoms with Crippen LogP contribution in [0, 0.1) is 0 Å². The monoisotopic (exact) mass is 382 g/mol. The van der Waals surface area contributed by atoms with Crippen LogP contribution in [0.15, 0.2) is 59.6 Å². The lowest BCUT2D eigenvalue weighted by Gasteiger charge is -2.25. The standard InChI is InChI=1S/C21H26N4O3/c1-27-19-9-5-6-17(16-19)20(26)24-21(23-18-7-3-2-4-8-18)22-10-11-25-12-14-28-15-13-25/h2-9,16H,10-15H2,1H3,(H2,22,23,24,26). The van der Waals surface area contributed by atoms with E-state index in [1.54, 1.807) is 31.4 Å². The highest BCUT2D eigenvalue weighted by Gasteiger charge is 2.12. The number of hydrogen-bond acceptors (Lipinski definition) is 5. The molecule has 1 saturated heterocycles. The summed E-state index contributed by atoms with van der Waals surface area (Å²) in [6, 6.07) is 16.7. The Labute approximate surface area is 165 Å². The Morgan fingerprint density at radius 2 is 1.93 bits per heavy atom. The van der Waals surface area contributed by atoms with E-state index in [2.05, 4.69) is 20.5 Å². The minimum absolute atomic E-state index is 0.243. The van der Waals surface area contributed by atoms with E-state index in [0.717, 1.165) is 38.5 Å². The first-order valence-corrected chi connectivity index (χ1v) is 9.36. The smallest absolute Gasteiger partial charge is 0.258 e. The van der Waals surface area contributed by atoms with Crippen molar-refractivity contribution in [3.8, 4) is 5.75 Å². The lowest BCUT2D eigenvalue weighted by molar-refractivity contribution is 0.0394. The van der Waals surface area contributed by atoms with E-state index in [9.17, 15) is 4.79 Å². The molecule has 0 aliphatic carbocycles. The van der Waals surface area contributed by atoms with Gasteiger partial charge in [0.15, 0.2) is 0 Å². The number of amides is 1. The van der Waals surface area contributed by atoms with Crippen LogP contribution in [0.1, 0.15) is 10.4 Å². The van der Waals surface area contributed by atoms with Crippen LogP contribution in [-0.2, 0) is 4.74 Å². The molecule has 1 aliphatic rings. The van der Waals surface area contributed by atoms with Crippen LogP contribution < -0.4 is 15.4 Å². The van der Waals surface area contributed by atoms with E-state index in [1.165, 1.54) is 0 Å². The number of benzene rings is 2. The van der Waals surface area contributed by atoms with Gasteiger partial charge in [0.1, 0.15) is 5.75 Å². The second kappa shape index (κ2) is 10.4. The van der Waals surface area contributed by atoms with E-state index < -0.39 is 0 Å². The molecule has 0 unspecified atom stereocenters. The maximum Gasteiger partial charge on any atom is 0.258 e. The van der Waals surface area contributed by atoms with Crippen molar-refractivity contribution in [3.63, 3.8) is 0 Å². The number of methoxy groups -OCH3 is 1. The lowest BCUT2D eigenvalue weighted by Crippen LogP contribution is -2.39. The molecule has 0 radical (unpaired) electrons. The van der Waals surface area contributed by atoms with Gasteiger partial charge in [-0.3, -0.25) is 20.0 Å². The van der Waals surface area contributed by atoms with Gasteiger partial charge in [0.05, 0.1) is 26.9 Å². The van der Waals surface area contributed by atoms with Gasteiger partial charge in [0, 0.05) is 30.9 Å². The van der Waals surface area contributed by atoms with Crippen LogP contribution in [0.3, 0.4) is 0 Å². The van der Waals surface area contributed by atoms with Crippen molar-refractivity contribution in [3.05, 3.63) is 60.2 Å². The fourth-order valence-electron chi connectivity index (χ4n) is 2.84. The first-order valence-electron chi connectivity index (χ1n) is 9.36. The fourth-order valence-corrected chi connectivity index (χ4v) is 2.84. The Morgan fingerprint density at radius 1 is 1.14 bits per heavy atom. The number of carbonyl (C=O) groups is 1. The number of guanidine groups is 1. The molecule has 28 heavy (non-hydrogen) atoms. The summed E-state index contributed by atoms with van der Waals surface area (Å²) in [5.41, 5.74) is 1.37. The van der Waals surface area contributed by atoms with E-state index in [-0.39, 0.29) is 5.91 Å². The molecule has 1 heterocycles. The molecule has 0 atom stereocenters. The molecule has 148 valence electrons. The summed E-state index contributed by atoms with van der Waals surface area (Å²) in [5, 5.41) is 6.06. The highest BCUT2D eigenvalue weighted by atomic mass is 16.5. The predicted molar refractivity (Wildman–Crippen MR) is 110 cm³/mol. The largest absolute Gasteiger partial charge is 0.497 e. The lowest BCUT2D eigenvalue weighted by atomic mass is 10.2. The van der Waals surface area contributed by atoms with Crippen LogP contribution in [0.25, 0.3) is 0 Å². The molecule has 0 bridgehead atoms. The molecule has 2 N–H and O–H groups in total. The third-order valence-electron chi connectivity index (χ3n) is 4.39. The predicted octanol–water partition coefficient (Wildman–Crippen LogP) is 2.23. The molecule has 1 aliphatic heterocycles. The Morgan fingerprint density at radius 3 is 2.68 bits per heavy atom. The number of anilines is 1. The van der Waals surface area contributed by atoms with E-state index in [4.69, 9.17) is 9.47 Å². The van der Waals surface area contributed by atoms with Gasteiger partial charge in [0.2, 0.25) is 5.96 Å². The number of rotatable bonds is 6. The molecule has 1 amide bonds. The van der Waals surface area contributed by atoms with Gasteiger partial charge in [-0.15, -0.1) is 0 Å². The molecular weight excluding hydrogens is 356 g/mol. The van der Waals surface area contributed by atoms with Gasteiger partial charge < -0.3 is 14.8 Å². The van der Waals surface area contributed by atoms with Gasteiger partial charge in [0.25, 0.3) is 5.91 Å². The second-order valence-corrected chi connectivity index (χ2v) is 6.36. The molecule has 7 nitrogen and oxygen atoms in total. The summed E-state index contributed by atoms with van der Waals surface area (Å²) in [7, 11) is 1.58. The first-order chi connectivity index (χ1) is 13.7. The Bertz CT molecular complexity index is 789. The van der Waals surface area contributed by atoms with Crippen molar-refractivity contribution in [1.82, 2.24) is 10.2 Å². The second-order valence-electron chi connectivity index (χ2n) is 6.36. The Kier molecular flexibility index (Phi) is 7.40. The van der Waals surface area contributed by atoms with E-state index >= 15 is 0 Å². The SMILES string of the molecule is COc1cccc(C(=O)NC(=NCCN2CCOCC2)Nc2ccccc2)c1. The number of hydrogen-bond donors (Lipinski definition) is 2. The zero-order chi connectivity index (χ0) is 19.6. The number of nitrogens with zero attached hydrogens (tertiary/aromatic N) is 2. The number of para-hydroxylation sites is 1. The van der Waals surface area contributed by atoms with E-state index in [1.807, 2.05) is 30.3 Å². The van der Waals surface area contributed by atoms with Gasteiger partial charge in [-0.25, -0.2) is 0 Å². The van der Waals surface area contributed by atoms with E-state index in [0.29, 0.717) is 23.8 Å². The van der Waals surface area contributed by atoms with Crippen LogP contribution in [0.5, 0.6) is 5.75 Å². The number of morpholine rings is 1. The van der Waals surface area contributed by atoms with Gasteiger partial charge >= 0.3 is 0 Å². The molecule has 2 aromatic rings. The molecular formula is C21H26N4O3. The zero-order valence-corrected chi connectivity index (χ0v) is 16.1. The zero-order valence-electron chi connectivity index (χ0n) is 16.1. The minimum atomic E-state index is -0.243. The highest BCUT2D eigenvalue weighted by molar-refractivity contribution is 6.10. The average molecular weight is 382 g/mol. The number of ether oxygens (including phenoxy) is 2. The number of aliphatic imine (C=N–C) groups is 1.